The van der Waals surface area contributed by atoms with Crippen molar-refractivity contribution in [1.29, 1.82) is 0 Å². The van der Waals surface area contributed by atoms with Crippen LogP contribution in [0.2, 0.25) is 0 Å². The Morgan fingerprint density at radius 3 is 1.93 bits per heavy atom. The standard InChI is InChI=1S/C10H10O4/c1-5-3-7(11)4-6(2)8(5)9(12)10(13)14/h3-4,11H,1-2H3,(H,13,14). The molecule has 0 amide bonds. The maximum absolute atomic E-state index is 11.2. The number of carbonyl (C=O) groups excluding carboxylic acids is 1. The molecule has 2 N–H and O–H groups in total. The Morgan fingerprint density at radius 1 is 1.14 bits per heavy atom. The second-order valence-electron chi connectivity index (χ2n) is 3.09. The maximum atomic E-state index is 11.2. The predicted octanol–water partition coefficient (Wildman–Crippen LogP) is 1.28. The Hall–Kier alpha value is -1.84. The number of rotatable bonds is 2. The number of carboxylic acid groups (broad SMARTS) is 1. The quantitative estimate of drug-likeness (QED) is 0.549. The highest BCUT2D eigenvalue weighted by atomic mass is 16.4. The Labute approximate surface area is 80.8 Å². The van der Waals surface area contributed by atoms with Crippen LogP contribution < -0.4 is 0 Å². The first-order valence-electron chi connectivity index (χ1n) is 4.01. The Kier molecular flexibility index (Phi) is 2.56. The number of hydrogen-bond donors (Lipinski definition) is 2. The van der Waals surface area contributed by atoms with E-state index >= 15 is 0 Å². The van der Waals surface area contributed by atoms with Gasteiger partial charge in [0, 0.05) is 5.56 Å². The second-order valence-corrected chi connectivity index (χ2v) is 3.09. The highest BCUT2D eigenvalue weighted by Gasteiger charge is 2.19. The van der Waals surface area contributed by atoms with Gasteiger partial charge >= 0.3 is 5.97 Å². The summed E-state index contributed by atoms with van der Waals surface area (Å²) in [4.78, 5) is 21.7. The molecule has 0 atom stereocenters. The third-order valence-corrected chi connectivity index (χ3v) is 1.94. The Balaban J connectivity index is 3.35. The number of Topliss-reactive ketones (excluding diaryl/α,β-unsaturated/α-hetero) is 1. The van der Waals surface area contributed by atoms with Crippen LogP contribution >= 0.6 is 0 Å². The van der Waals surface area contributed by atoms with Gasteiger partial charge in [-0.1, -0.05) is 0 Å². The minimum Gasteiger partial charge on any atom is -0.508 e. The van der Waals surface area contributed by atoms with Crippen molar-refractivity contribution in [3.63, 3.8) is 0 Å². The molecule has 0 radical (unpaired) electrons. The summed E-state index contributed by atoms with van der Waals surface area (Å²) in [6.45, 7) is 3.17. The zero-order valence-electron chi connectivity index (χ0n) is 7.87. The van der Waals surface area contributed by atoms with Crippen LogP contribution in [0.4, 0.5) is 0 Å². The molecule has 74 valence electrons. The van der Waals surface area contributed by atoms with Gasteiger partial charge in [-0.2, -0.15) is 0 Å². The first-order chi connectivity index (χ1) is 6.43. The van der Waals surface area contributed by atoms with Crippen molar-refractivity contribution < 1.29 is 19.8 Å². The lowest BCUT2D eigenvalue weighted by atomic mass is 9.99. The average molecular weight is 194 g/mol. The summed E-state index contributed by atoms with van der Waals surface area (Å²) in [6.07, 6.45) is 0. The van der Waals surface area contributed by atoms with Crippen LogP contribution in [0.3, 0.4) is 0 Å². The van der Waals surface area contributed by atoms with Gasteiger partial charge in [-0.15, -0.1) is 0 Å². The van der Waals surface area contributed by atoms with Crippen LogP contribution in [-0.4, -0.2) is 22.0 Å². The fraction of sp³-hybridized carbons (Fsp3) is 0.200. The molecule has 1 aromatic carbocycles. The summed E-state index contributed by atoms with van der Waals surface area (Å²) in [7, 11) is 0. The van der Waals surface area contributed by atoms with Gasteiger partial charge in [-0.25, -0.2) is 4.79 Å². The van der Waals surface area contributed by atoms with E-state index in [1.54, 1.807) is 13.8 Å². The zero-order valence-corrected chi connectivity index (χ0v) is 7.87. The van der Waals surface area contributed by atoms with Crippen molar-refractivity contribution in [2.45, 2.75) is 13.8 Å². The van der Waals surface area contributed by atoms with Crippen molar-refractivity contribution in [3.8, 4) is 5.75 Å². The van der Waals surface area contributed by atoms with Gasteiger partial charge in [-0.05, 0) is 37.1 Å². The van der Waals surface area contributed by atoms with E-state index < -0.39 is 11.8 Å². The SMILES string of the molecule is Cc1cc(O)cc(C)c1C(=O)C(=O)O. The Bertz CT molecular complexity index is 384. The molecule has 1 aromatic rings. The number of hydrogen-bond acceptors (Lipinski definition) is 3. The first-order valence-corrected chi connectivity index (χ1v) is 4.01. The normalized spacial score (nSPS) is 9.86. The summed E-state index contributed by atoms with van der Waals surface area (Å²) < 4.78 is 0. The van der Waals surface area contributed by atoms with Crippen LogP contribution in [0.5, 0.6) is 5.75 Å². The molecule has 4 heteroatoms. The first kappa shape index (κ1) is 10.2. The van der Waals surface area contributed by atoms with Crippen LogP contribution in [0, 0.1) is 13.8 Å². The highest BCUT2D eigenvalue weighted by Crippen LogP contribution is 2.21. The highest BCUT2D eigenvalue weighted by molar-refractivity contribution is 6.40. The van der Waals surface area contributed by atoms with E-state index in [4.69, 9.17) is 5.11 Å². The van der Waals surface area contributed by atoms with Crippen molar-refractivity contribution in [2.24, 2.45) is 0 Å². The molecular formula is C10H10O4. The van der Waals surface area contributed by atoms with Crippen molar-refractivity contribution in [1.82, 2.24) is 0 Å². The summed E-state index contributed by atoms with van der Waals surface area (Å²) in [5, 5.41) is 17.7. The van der Waals surface area contributed by atoms with Gasteiger partial charge in [0.25, 0.3) is 5.78 Å². The van der Waals surface area contributed by atoms with Gasteiger partial charge < -0.3 is 10.2 Å². The van der Waals surface area contributed by atoms with Gasteiger partial charge in [0.05, 0.1) is 0 Å². The molecule has 1 rings (SSSR count). The average Bonchev–Trinajstić information content (AvgIpc) is 2.01. The largest absolute Gasteiger partial charge is 0.508 e. The van der Waals surface area contributed by atoms with Crippen molar-refractivity contribution in [2.75, 3.05) is 0 Å². The monoisotopic (exact) mass is 194 g/mol. The summed E-state index contributed by atoms with van der Waals surface area (Å²) in [5.41, 5.74) is 1.08. The fourth-order valence-corrected chi connectivity index (χ4v) is 1.41. The van der Waals surface area contributed by atoms with Gasteiger partial charge in [0.2, 0.25) is 0 Å². The molecule has 0 unspecified atom stereocenters. The molecular weight excluding hydrogens is 184 g/mol. The number of phenolic OH excluding ortho intramolecular Hbond substituents is 1. The topological polar surface area (TPSA) is 74.6 Å². The molecule has 0 aliphatic rings. The molecule has 4 nitrogen and oxygen atoms in total. The molecule has 0 heterocycles. The molecule has 0 saturated carbocycles. The number of carboxylic acids is 1. The van der Waals surface area contributed by atoms with Crippen LogP contribution in [0.1, 0.15) is 21.5 Å². The number of carbonyl (C=O) groups is 2. The number of aryl methyl sites for hydroxylation is 2. The lowest BCUT2D eigenvalue weighted by molar-refractivity contribution is -0.131. The summed E-state index contributed by atoms with van der Waals surface area (Å²) in [5.74, 6) is -2.40. The van der Waals surface area contributed by atoms with E-state index in [2.05, 4.69) is 0 Å². The number of aromatic hydroxyl groups is 1. The number of ketones is 1. The number of phenols is 1. The zero-order chi connectivity index (χ0) is 10.9. The number of benzene rings is 1. The van der Waals surface area contributed by atoms with E-state index in [1.165, 1.54) is 12.1 Å². The minimum atomic E-state index is -1.48. The molecule has 0 spiro atoms. The van der Waals surface area contributed by atoms with Crippen molar-refractivity contribution >= 4 is 11.8 Å². The molecule has 0 aromatic heterocycles. The molecule has 0 aliphatic carbocycles. The lowest BCUT2D eigenvalue weighted by Crippen LogP contribution is -2.15. The van der Waals surface area contributed by atoms with Crippen LogP contribution in [0.15, 0.2) is 12.1 Å². The molecule has 0 bridgehead atoms. The molecule has 0 aliphatic heterocycles. The third kappa shape index (κ3) is 1.74. The predicted molar refractivity (Wildman–Crippen MR) is 49.5 cm³/mol. The summed E-state index contributed by atoms with van der Waals surface area (Å²) in [6, 6.07) is 2.73. The van der Waals surface area contributed by atoms with E-state index in [0.717, 1.165) is 0 Å². The maximum Gasteiger partial charge on any atom is 0.377 e. The van der Waals surface area contributed by atoms with Gasteiger partial charge in [0.15, 0.2) is 0 Å². The van der Waals surface area contributed by atoms with Gasteiger partial charge in [-0.3, -0.25) is 4.79 Å². The Morgan fingerprint density at radius 2 is 1.57 bits per heavy atom. The van der Waals surface area contributed by atoms with E-state index in [-0.39, 0.29) is 11.3 Å². The smallest absolute Gasteiger partial charge is 0.377 e. The minimum absolute atomic E-state index is 0.0296. The molecule has 0 saturated heterocycles. The van der Waals surface area contributed by atoms with Gasteiger partial charge in [0.1, 0.15) is 5.75 Å². The van der Waals surface area contributed by atoms with E-state index in [0.29, 0.717) is 11.1 Å². The third-order valence-electron chi connectivity index (χ3n) is 1.94. The second kappa shape index (κ2) is 3.49. The van der Waals surface area contributed by atoms with Crippen LogP contribution in [-0.2, 0) is 4.79 Å². The fourth-order valence-electron chi connectivity index (χ4n) is 1.41. The van der Waals surface area contributed by atoms with Crippen LogP contribution in [0.25, 0.3) is 0 Å². The lowest BCUT2D eigenvalue weighted by Gasteiger charge is -2.06. The number of aliphatic carboxylic acids is 1. The summed E-state index contributed by atoms with van der Waals surface area (Å²) >= 11 is 0. The molecule has 14 heavy (non-hydrogen) atoms. The van der Waals surface area contributed by atoms with E-state index in [1.807, 2.05) is 0 Å². The van der Waals surface area contributed by atoms with Crippen molar-refractivity contribution in [3.05, 3.63) is 28.8 Å². The van der Waals surface area contributed by atoms with E-state index in [9.17, 15) is 14.7 Å². The molecule has 0 fully saturated rings.